The van der Waals surface area contributed by atoms with E-state index in [-0.39, 0.29) is 5.97 Å². The van der Waals surface area contributed by atoms with E-state index in [0.717, 1.165) is 12.3 Å². The van der Waals surface area contributed by atoms with Crippen molar-refractivity contribution in [1.29, 1.82) is 0 Å². The second-order valence-electron chi connectivity index (χ2n) is 9.62. The van der Waals surface area contributed by atoms with Gasteiger partial charge in [-0.2, -0.15) is 0 Å². The Bertz CT molecular complexity index is 339. The molecule has 0 N–H and O–H groups in total. The van der Waals surface area contributed by atoms with Gasteiger partial charge in [0.05, 0.1) is 6.61 Å². The lowest BCUT2D eigenvalue weighted by Crippen LogP contribution is -2.14. The first kappa shape index (κ1) is 28.5. The Morgan fingerprint density at radius 2 is 1.07 bits per heavy atom. The minimum atomic E-state index is 0.00897. The molecule has 0 fully saturated rings. The summed E-state index contributed by atoms with van der Waals surface area (Å²) < 4.78 is 5.46. The summed E-state index contributed by atoms with van der Waals surface area (Å²) in [6.07, 6.45) is 24.6. The maximum atomic E-state index is 11.9. The van der Waals surface area contributed by atoms with Gasteiger partial charge in [-0.15, -0.1) is 0 Å². The molecule has 0 unspecified atom stereocenters. The Kier molecular flexibility index (Phi) is 21.8. The van der Waals surface area contributed by atoms with Crippen molar-refractivity contribution >= 4 is 5.97 Å². The molecule has 174 valence electrons. The van der Waals surface area contributed by atoms with Crippen LogP contribution < -0.4 is 0 Å². The molecule has 0 rings (SSSR count). The lowest BCUT2D eigenvalue weighted by atomic mass is 9.94. The first-order valence-electron chi connectivity index (χ1n) is 13.3. The fourth-order valence-corrected chi connectivity index (χ4v) is 4.31. The van der Waals surface area contributed by atoms with Crippen molar-refractivity contribution in [3.8, 4) is 0 Å². The Morgan fingerprint density at radius 1 is 0.621 bits per heavy atom. The van der Waals surface area contributed by atoms with Crippen LogP contribution in [0, 0.1) is 11.8 Å². The van der Waals surface area contributed by atoms with Gasteiger partial charge in [-0.25, -0.2) is 0 Å². The molecule has 0 aliphatic heterocycles. The van der Waals surface area contributed by atoms with Gasteiger partial charge in [0.25, 0.3) is 0 Å². The molecule has 0 amide bonds. The van der Waals surface area contributed by atoms with Crippen LogP contribution in [0.2, 0.25) is 0 Å². The molecular weight excluding hydrogens is 356 g/mol. The standard InChI is InChI=1S/C27H54O2/c1-5-7-8-9-10-11-12-13-14-15-16-17-18-19-20-22-27(28)29-24-26(4)23-25(3)21-6-2/h25-26H,5-24H2,1-4H3/t25-,26-/m0/s1. The van der Waals surface area contributed by atoms with Gasteiger partial charge in [0.1, 0.15) is 0 Å². The van der Waals surface area contributed by atoms with Gasteiger partial charge in [0, 0.05) is 6.42 Å². The van der Waals surface area contributed by atoms with Crippen LogP contribution in [0.5, 0.6) is 0 Å². The van der Waals surface area contributed by atoms with Gasteiger partial charge in [-0.3, -0.25) is 4.79 Å². The van der Waals surface area contributed by atoms with E-state index in [9.17, 15) is 4.79 Å². The van der Waals surface area contributed by atoms with Crippen molar-refractivity contribution in [3.05, 3.63) is 0 Å². The zero-order valence-corrected chi connectivity index (χ0v) is 20.6. The molecule has 0 saturated carbocycles. The van der Waals surface area contributed by atoms with Crippen LogP contribution in [0.3, 0.4) is 0 Å². The lowest BCUT2D eigenvalue weighted by molar-refractivity contribution is -0.145. The lowest BCUT2D eigenvalue weighted by Gasteiger charge is -2.16. The highest BCUT2D eigenvalue weighted by Gasteiger charge is 2.11. The molecule has 0 spiro atoms. The zero-order valence-electron chi connectivity index (χ0n) is 20.6. The number of hydrogen-bond donors (Lipinski definition) is 0. The summed E-state index contributed by atoms with van der Waals surface area (Å²) in [6, 6.07) is 0. The smallest absolute Gasteiger partial charge is 0.305 e. The van der Waals surface area contributed by atoms with Crippen LogP contribution in [0.25, 0.3) is 0 Å². The van der Waals surface area contributed by atoms with E-state index in [1.54, 1.807) is 0 Å². The highest BCUT2D eigenvalue weighted by Crippen LogP contribution is 2.17. The highest BCUT2D eigenvalue weighted by molar-refractivity contribution is 5.69. The van der Waals surface area contributed by atoms with Gasteiger partial charge in [0.2, 0.25) is 0 Å². The normalized spacial score (nSPS) is 13.4. The fourth-order valence-electron chi connectivity index (χ4n) is 4.31. The number of esters is 1. The van der Waals surface area contributed by atoms with Crippen molar-refractivity contribution in [1.82, 2.24) is 0 Å². The molecule has 0 saturated heterocycles. The Hall–Kier alpha value is -0.530. The Labute approximate surface area is 184 Å². The van der Waals surface area contributed by atoms with Gasteiger partial charge in [0.15, 0.2) is 0 Å². The second-order valence-corrected chi connectivity index (χ2v) is 9.62. The predicted octanol–water partition coefficient (Wildman–Crippen LogP) is 9.25. The largest absolute Gasteiger partial charge is 0.465 e. The average Bonchev–Trinajstić information content (AvgIpc) is 2.69. The molecule has 0 bridgehead atoms. The molecule has 2 heteroatoms. The third-order valence-corrected chi connectivity index (χ3v) is 6.10. The van der Waals surface area contributed by atoms with Crippen LogP contribution in [-0.4, -0.2) is 12.6 Å². The van der Waals surface area contributed by atoms with Gasteiger partial charge < -0.3 is 4.74 Å². The van der Waals surface area contributed by atoms with Crippen molar-refractivity contribution in [2.75, 3.05) is 6.61 Å². The van der Waals surface area contributed by atoms with Crippen molar-refractivity contribution < 1.29 is 9.53 Å². The van der Waals surface area contributed by atoms with Gasteiger partial charge >= 0.3 is 5.97 Å². The number of carbonyl (C=O) groups is 1. The van der Waals surface area contributed by atoms with Crippen LogP contribution in [0.15, 0.2) is 0 Å². The van der Waals surface area contributed by atoms with Gasteiger partial charge in [-0.1, -0.05) is 130 Å². The highest BCUT2D eigenvalue weighted by atomic mass is 16.5. The van der Waals surface area contributed by atoms with Crippen molar-refractivity contribution in [2.45, 2.75) is 150 Å². The first-order valence-corrected chi connectivity index (χ1v) is 13.3. The molecule has 0 aliphatic carbocycles. The van der Waals surface area contributed by atoms with Crippen LogP contribution in [0.1, 0.15) is 150 Å². The van der Waals surface area contributed by atoms with Crippen LogP contribution in [0.4, 0.5) is 0 Å². The Morgan fingerprint density at radius 3 is 1.52 bits per heavy atom. The summed E-state index contributed by atoms with van der Waals surface area (Å²) in [5.41, 5.74) is 0. The van der Waals surface area contributed by atoms with E-state index in [2.05, 4.69) is 27.7 Å². The maximum Gasteiger partial charge on any atom is 0.305 e. The zero-order chi connectivity index (χ0) is 21.6. The van der Waals surface area contributed by atoms with E-state index < -0.39 is 0 Å². The summed E-state index contributed by atoms with van der Waals surface area (Å²) in [6.45, 7) is 9.63. The van der Waals surface area contributed by atoms with Crippen LogP contribution in [-0.2, 0) is 9.53 Å². The molecule has 0 heterocycles. The molecule has 0 aromatic heterocycles. The SMILES string of the molecule is CCCCCCCCCCCCCCCCCC(=O)OC[C@@H](C)C[C@@H](C)CCC. The van der Waals surface area contributed by atoms with E-state index >= 15 is 0 Å². The number of carbonyl (C=O) groups excluding carboxylic acids is 1. The van der Waals surface area contributed by atoms with E-state index in [1.165, 1.54) is 109 Å². The molecular formula is C27H54O2. The quantitative estimate of drug-likeness (QED) is 0.131. The summed E-state index contributed by atoms with van der Waals surface area (Å²) >= 11 is 0. The van der Waals surface area contributed by atoms with E-state index in [1.807, 2.05) is 0 Å². The minimum Gasteiger partial charge on any atom is -0.465 e. The predicted molar refractivity (Wildman–Crippen MR) is 128 cm³/mol. The summed E-state index contributed by atoms with van der Waals surface area (Å²) in [7, 11) is 0. The molecule has 2 atom stereocenters. The number of rotatable bonds is 22. The average molecular weight is 411 g/mol. The molecule has 29 heavy (non-hydrogen) atoms. The summed E-state index contributed by atoms with van der Waals surface area (Å²) in [5.74, 6) is 1.24. The molecule has 0 aromatic rings. The van der Waals surface area contributed by atoms with Crippen molar-refractivity contribution in [2.24, 2.45) is 11.8 Å². The molecule has 2 nitrogen and oxygen atoms in total. The molecule has 0 radical (unpaired) electrons. The first-order chi connectivity index (χ1) is 14.1. The second kappa shape index (κ2) is 22.2. The number of hydrogen-bond acceptors (Lipinski definition) is 2. The topological polar surface area (TPSA) is 26.3 Å². The summed E-state index contributed by atoms with van der Waals surface area (Å²) in [5, 5.41) is 0. The van der Waals surface area contributed by atoms with E-state index in [4.69, 9.17) is 4.74 Å². The third kappa shape index (κ3) is 22.0. The van der Waals surface area contributed by atoms with E-state index in [0.29, 0.717) is 18.9 Å². The van der Waals surface area contributed by atoms with Crippen LogP contribution >= 0.6 is 0 Å². The monoisotopic (exact) mass is 410 g/mol. The number of unbranched alkanes of at least 4 members (excludes halogenated alkanes) is 14. The molecule has 0 aliphatic rings. The summed E-state index contributed by atoms with van der Waals surface area (Å²) in [4.78, 5) is 11.9. The fraction of sp³-hybridized carbons (Fsp3) is 0.963. The van der Waals surface area contributed by atoms with Gasteiger partial charge in [-0.05, 0) is 24.7 Å². The third-order valence-electron chi connectivity index (χ3n) is 6.10. The molecule has 0 aromatic carbocycles. The maximum absolute atomic E-state index is 11.9. The minimum absolute atomic E-state index is 0.00897. The number of ether oxygens (including phenoxy) is 1. The van der Waals surface area contributed by atoms with Crippen molar-refractivity contribution in [3.63, 3.8) is 0 Å². The Balaban J connectivity index is 3.28.